The molecule has 0 bridgehead atoms. The molecule has 0 aliphatic heterocycles. The maximum absolute atomic E-state index is 12.4. The minimum absolute atomic E-state index is 0.102. The van der Waals surface area contributed by atoms with E-state index in [0.717, 1.165) is 24.3 Å². The van der Waals surface area contributed by atoms with Crippen LogP contribution < -0.4 is 5.32 Å². The van der Waals surface area contributed by atoms with Crippen molar-refractivity contribution in [1.82, 2.24) is 0 Å². The lowest BCUT2D eigenvalue weighted by Crippen LogP contribution is -2.47. The molecule has 1 aromatic rings. The fraction of sp³-hybridized carbons (Fsp3) is 0.500. The highest BCUT2D eigenvalue weighted by atomic mass is 32.2. The second kappa shape index (κ2) is 5.91. The molecular weight excluding hydrogens is 319 g/mol. The summed E-state index contributed by atoms with van der Waals surface area (Å²) in [6.07, 6.45) is -4.47. The maximum Gasteiger partial charge on any atom is 0.416 e. The number of alkyl halides is 3. The summed E-state index contributed by atoms with van der Waals surface area (Å²) in [4.78, 5) is 12.2. The summed E-state index contributed by atoms with van der Waals surface area (Å²) in [6.45, 7) is 5.45. The van der Waals surface area contributed by atoms with Gasteiger partial charge in [0.1, 0.15) is 4.75 Å². The summed E-state index contributed by atoms with van der Waals surface area (Å²) in [5, 5.41) is 1.59. The van der Waals surface area contributed by atoms with E-state index in [0.29, 0.717) is 0 Å². The van der Waals surface area contributed by atoms with Gasteiger partial charge in [0.15, 0.2) is 9.84 Å². The van der Waals surface area contributed by atoms with Gasteiger partial charge in [0, 0.05) is 5.69 Å². The minimum atomic E-state index is -4.47. The van der Waals surface area contributed by atoms with E-state index in [1.165, 1.54) is 27.7 Å². The van der Waals surface area contributed by atoms with E-state index >= 15 is 0 Å². The maximum atomic E-state index is 12.4. The molecule has 8 heteroatoms. The van der Waals surface area contributed by atoms with Crippen molar-refractivity contribution in [2.45, 2.75) is 43.9 Å². The highest BCUT2D eigenvalue weighted by Gasteiger charge is 2.43. The Kier molecular flexibility index (Phi) is 4.96. The van der Waals surface area contributed by atoms with Crippen molar-refractivity contribution in [2.75, 3.05) is 5.32 Å². The normalized spacial score (nSPS) is 13.3. The van der Waals surface area contributed by atoms with Crippen molar-refractivity contribution in [3.05, 3.63) is 29.8 Å². The van der Waals surface area contributed by atoms with Gasteiger partial charge in [-0.05, 0) is 52.0 Å². The molecule has 0 heterocycles. The van der Waals surface area contributed by atoms with Crippen molar-refractivity contribution in [1.29, 1.82) is 0 Å². The summed E-state index contributed by atoms with van der Waals surface area (Å²) in [7, 11) is -3.72. The zero-order valence-electron chi connectivity index (χ0n) is 12.7. The van der Waals surface area contributed by atoms with Crippen molar-refractivity contribution in [3.8, 4) is 0 Å². The van der Waals surface area contributed by atoms with Gasteiger partial charge in [-0.25, -0.2) is 8.42 Å². The van der Waals surface area contributed by atoms with Gasteiger partial charge in [-0.15, -0.1) is 0 Å². The fourth-order valence-electron chi connectivity index (χ4n) is 1.74. The molecular formula is C14H18F3NO3S. The van der Waals surface area contributed by atoms with Crippen molar-refractivity contribution >= 4 is 21.4 Å². The molecule has 0 unspecified atom stereocenters. The van der Waals surface area contributed by atoms with Crippen molar-refractivity contribution < 1.29 is 26.4 Å². The Balaban J connectivity index is 2.98. The zero-order chi connectivity index (χ0) is 17.3. The quantitative estimate of drug-likeness (QED) is 0.917. The van der Waals surface area contributed by atoms with Gasteiger partial charge < -0.3 is 5.32 Å². The SMILES string of the molecule is CC(C)S(=O)(=O)C(C)(C)C(=O)Nc1ccc(C(F)(F)F)cc1. The monoisotopic (exact) mass is 337 g/mol. The molecule has 0 aliphatic rings. The molecule has 22 heavy (non-hydrogen) atoms. The van der Waals surface area contributed by atoms with Gasteiger partial charge in [-0.1, -0.05) is 0 Å². The lowest BCUT2D eigenvalue weighted by Gasteiger charge is -2.26. The number of rotatable bonds is 4. The third-order valence-corrected chi connectivity index (χ3v) is 6.20. The fourth-order valence-corrected chi connectivity index (χ4v) is 3.23. The van der Waals surface area contributed by atoms with Crippen LogP contribution >= 0.6 is 0 Å². The Hall–Kier alpha value is -1.57. The predicted octanol–water partition coefficient (Wildman–Crippen LogP) is 3.25. The van der Waals surface area contributed by atoms with E-state index in [4.69, 9.17) is 0 Å². The minimum Gasteiger partial charge on any atom is -0.325 e. The van der Waals surface area contributed by atoms with Crippen LogP contribution in [0.2, 0.25) is 0 Å². The third-order valence-electron chi connectivity index (χ3n) is 3.35. The predicted molar refractivity (Wildman–Crippen MR) is 78.2 cm³/mol. The van der Waals surface area contributed by atoms with Crippen LogP contribution in [0, 0.1) is 0 Å². The number of carbonyl (C=O) groups excluding carboxylic acids is 1. The second-order valence-electron chi connectivity index (χ2n) is 5.63. The number of carbonyl (C=O) groups is 1. The van der Waals surface area contributed by atoms with E-state index in [1.807, 2.05) is 0 Å². The largest absolute Gasteiger partial charge is 0.416 e. The average Bonchev–Trinajstić information content (AvgIpc) is 2.37. The van der Waals surface area contributed by atoms with Crippen LogP contribution in [-0.2, 0) is 20.8 Å². The topological polar surface area (TPSA) is 63.2 Å². The summed E-state index contributed by atoms with van der Waals surface area (Å²) < 4.78 is 60.0. The number of amides is 1. The van der Waals surface area contributed by atoms with E-state index in [9.17, 15) is 26.4 Å². The summed E-state index contributed by atoms with van der Waals surface area (Å²) >= 11 is 0. The van der Waals surface area contributed by atoms with Crippen molar-refractivity contribution in [3.63, 3.8) is 0 Å². The summed E-state index contributed by atoms with van der Waals surface area (Å²) in [6, 6.07) is 3.80. The number of hydrogen-bond donors (Lipinski definition) is 1. The molecule has 0 atom stereocenters. The molecule has 1 N–H and O–H groups in total. The highest BCUT2D eigenvalue weighted by Crippen LogP contribution is 2.30. The van der Waals surface area contributed by atoms with Crippen LogP contribution in [0.15, 0.2) is 24.3 Å². The molecule has 1 rings (SSSR count). The molecule has 0 aliphatic carbocycles. The zero-order valence-corrected chi connectivity index (χ0v) is 13.5. The van der Waals surface area contributed by atoms with E-state index < -0.39 is 37.5 Å². The lowest BCUT2D eigenvalue weighted by atomic mass is 10.1. The van der Waals surface area contributed by atoms with Crippen LogP contribution in [-0.4, -0.2) is 24.3 Å². The Morgan fingerprint density at radius 3 is 1.91 bits per heavy atom. The van der Waals surface area contributed by atoms with Gasteiger partial charge in [-0.3, -0.25) is 4.79 Å². The smallest absolute Gasteiger partial charge is 0.325 e. The number of nitrogens with one attached hydrogen (secondary N) is 1. The molecule has 4 nitrogen and oxygen atoms in total. The molecule has 0 aromatic heterocycles. The van der Waals surface area contributed by atoms with Gasteiger partial charge in [0.05, 0.1) is 10.8 Å². The van der Waals surface area contributed by atoms with Crippen LogP contribution in [0.1, 0.15) is 33.3 Å². The first-order chi connectivity index (χ1) is 9.80. The molecule has 0 radical (unpaired) electrons. The number of anilines is 1. The Labute approximate surface area is 127 Å². The van der Waals surface area contributed by atoms with Crippen LogP contribution in [0.3, 0.4) is 0 Å². The highest BCUT2D eigenvalue weighted by molar-refractivity contribution is 7.94. The molecule has 0 fully saturated rings. The standard InChI is InChI=1S/C14H18F3NO3S/c1-9(2)22(20,21)13(3,4)12(19)18-11-7-5-10(6-8-11)14(15,16)17/h5-9H,1-4H3,(H,18,19). The van der Waals surface area contributed by atoms with E-state index in [2.05, 4.69) is 5.32 Å². The third kappa shape index (κ3) is 3.60. The summed E-state index contributed by atoms with van der Waals surface area (Å²) in [5.74, 6) is -0.791. The summed E-state index contributed by atoms with van der Waals surface area (Å²) in [5.41, 5.74) is -0.746. The van der Waals surface area contributed by atoms with Gasteiger partial charge in [-0.2, -0.15) is 13.2 Å². The average molecular weight is 337 g/mol. The number of benzene rings is 1. The molecule has 1 amide bonds. The first kappa shape index (κ1) is 18.5. The molecule has 124 valence electrons. The number of hydrogen-bond acceptors (Lipinski definition) is 3. The number of sulfone groups is 1. The Morgan fingerprint density at radius 1 is 1.09 bits per heavy atom. The van der Waals surface area contributed by atoms with Gasteiger partial charge in [0.2, 0.25) is 5.91 Å². The van der Waals surface area contributed by atoms with E-state index in [1.54, 1.807) is 0 Å². The Morgan fingerprint density at radius 2 is 1.55 bits per heavy atom. The molecule has 0 saturated heterocycles. The first-order valence-corrected chi connectivity index (χ1v) is 8.07. The van der Waals surface area contributed by atoms with Crippen molar-refractivity contribution in [2.24, 2.45) is 0 Å². The lowest BCUT2D eigenvalue weighted by molar-refractivity contribution is -0.137. The van der Waals surface area contributed by atoms with Crippen LogP contribution in [0.25, 0.3) is 0 Å². The van der Waals surface area contributed by atoms with Gasteiger partial charge in [0.25, 0.3) is 0 Å². The molecule has 1 aromatic carbocycles. The van der Waals surface area contributed by atoms with E-state index in [-0.39, 0.29) is 5.69 Å². The molecule has 0 spiro atoms. The van der Waals surface area contributed by atoms with Crippen LogP contribution in [0.4, 0.5) is 18.9 Å². The second-order valence-corrected chi connectivity index (χ2v) is 8.69. The first-order valence-electron chi connectivity index (χ1n) is 6.52. The number of halogens is 3. The van der Waals surface area contributed by atoms with Crippen LogP contribution in [0.5, 0.6) is 0 Å². The Bertz CT molecular complexity index is 647. The molecule has 0 saturated carbocycles. The van der Waals surface area contributed by atoms with Gasteiger partial charge >= 0.3 is 6.18 Å².